The Morgan fingerprint density at radius 2 is 1.89 bits per heavy atom. The molecular formula is C19H19N5O2S. The lowest BCUT2D eigenvalue weighted by Gasteiger charge is -2.15. The predicted octanol–water partition coefficient (Wildman–Crippen LogP) is 2.28. The molecule has 0 aliphatic rings. The Labute approximate surface area is 161 Å². The van der Waals surface area contributed by atoms with E-state index in [1.54, 1.807) is 12.4 Å². The number of nitrogens with zero attached hydrogens (tertiary/aromatic N) is 3. The third kappa shape index (κ3) is 5.49. The highest BCUT2D eigenvalue weighted by atomic mass is 32.2. The van der Waals surface area contributed by atoms with Crippen molar-refractivity contribution in [3.05, 3.63) is 60.4 Å². The quantitative estimate of drug-likeness (QED) is 0.581. The number of benzene rings is 1. The maximum absolute atomic E-state index is 12.2. The topological polar surface area (TPSA) is 101 Å². The van der Waals surface area contributed by atoms with E-state index in [2.05, 4.69) is 25.5 Å². The van der Waals surface area contributed by atoms with Crippen LogP contribution in [-0.4, -0.2) is 43.7 Å². The number of thioether (sulfide) groups is 1. The molecule has 0 spiro atoms. The maximum atomic E-state index is 12.2. The van der Waals surface area contributed by atoms with E-state index in [-0.39, 0.29) is 17.4 Å². The van der Waals surface area contributed by atoms with Gasteiger partial charge < -0.3 is 5.32 Å². The molecule has 7 nitrogen and oxygen atoms in total. The van der Waals surface area contributed by atoms with E-state index in [0.29, 0.717) is 17.4 Å². The van der Waals surface area contributed by atoms with E-state index in [1.165, 1.54) is 18.7 Å². The first-order valence-electron chi connectivity index (χ1n) is 8.41. The van der Waals surface area contributed by atoms with Crippen molar-refractivity contribution < 1.29 is 9.59 Å². The number of hydrogen-bond acceptors (Lipinski definition) is 6. The third-order valence-electron chi connectivity index (χ3n) is 3.86. The molecule has 2 aromatic heterocycles. The van der Waals surface area contributed by atoms with E-state index in [0.717, 1.165) is 11.1 Å². The fourth-order valence-electron chi connectivity index (χ4n) is 2.46. The van der Waals surface area contributed by atoms with Gasteiger partial charge in [-0.05, 0) is 31.0 Å². The lowest BCUT2D eigenvalue weighted by molar-refractivity contribution is -0.125. The molecule has 1 amide bonds. The molecule has 0 aliphatic heterocycles. The summed E-state index contributed by atoms with van der Waals surface area (Å²) >= 11 is 1.21. The highest BCUT2D eigenvalue weighted by Gasteiger charge is 2.18. The standard InChI is InChI=1S/C19H19N5O2S/c1-13(25)16(11-14-5-3-2-4-6-14)21-17(26)12-27-19-22-18(23-24-19)15-7-9-20-10-8-15/h2-10,16H,11-12H2,1H3,(H,21,26)(H,22,23,24)/t16-/m1/s1. The zero-order chi connectivity index (χ0) is 19.1. The van der Waals surface area contributed by atoms with Gasteiger partial charge in [-0.25, -0.2) is 4.98 Å². The predicted molar refractivity (Wildman–Crippen MR) is 103 cm³/mol. The Kier molecular flexibility index (Phi) is 6.32. The van der Waals surface area contributed by atoms with Gasteiger partial charge >= 0.3 is 0 Å². The molecule has 1 aromatic carbocycles. The molecule has 0 aliphatic carbocycles. The first kappa shape index (κ1) is 18.8. The monoisotopic (exact) mass is 381 g/mol. The van der Waals surface area contributed by atoms with E-state index in [4.69, 9.17) is 0 Å². The Morgan fingerprint density at radius 3 is 2.59 bits per heavy atom. The molecule has 0 saturated carbocycles. The van der Waals surface area contributed by atoms with Crippen LogP contribution in [-0.2, 0) is 16.0 Å². The lowest BCUT2D eigenvalue weighted by Crippen LogP contribution is -2.42. The molecule has 2 N–H and O–H groups in total. The van der Waals surface area contributed by atoms with Crippen molar-refractivity contribution in [3.8, 4) is 11.4 Å². The molecule has 0 bridgehead atoms. The number of nitrogens with one attached hydrogen (secondary N) is 2. The number of aromatic nitrogens is 4. The molecular weight excluding hydrogens is 362 g/mol. The van der Waals surface area contributed by atoms with Crippen LogP contribution >= 0.6 is 11.8 Å². The van der Waals surface area contributed by atoms with Crippen LogP contribution in [0.3, 0.4) is 0 Å². The molecule has 0 fully saturated rings. The molecule has 3 rings (SSSR count). The van der Waals surface area contributed by atoms with Crippen LogP contribution in [0.1, 0.15) is 12.5 Å². The average molecular weight is 381 g/mol. The van der Waals surface area contributed by atoms with Gasteiger partial charge in [-0.3, -0.25) is 19.7 Å². The number of amides is 1. The van der Waals surface area contributed by atoms with Crippen molar-refractivity contribution in [3.63, 3.8) is 0 Å². The number of carbonyl (C=O) groups is 2. The van der Waals surface area contributed by atoms with Crippen LogP contribution in [0.4, 0.5) is 0 Å². The molecule has 27 heavy (non-hydrogen) atoms. The second-order valence-electron chi connectivity index (χ2n) is 5.91. The number of Topliss-reactive ketones (excluding diaryl/α,β-unsaturated/α-hetero) is 1. The van der Waals surface area contributed by atoms with E-state index < -0.39 is 6.04 Å². The zero-order valence-corrected chi connectivity index (χ0v) is 15.6. The summed E-state index contributed by atoms with van der Waals surface area (Å²) in [6.45, 7) is 1.48. The first-order chi connectivity index (χ1) is 13.1. The number of ketones is 1. The zero-order valence-electron chi connectivity index (χ0n) is 14.8. The largest absolute Gasteiger partial charge is 0.345 e. The second kappa shape index (κ2) is 9.09. The van der Waals surface area contributed by atoms with E-state index in [1.807, 2.05) is 42.5 Å². The highest BCUT2D eigenvalue weighted by Crippen LogP contribution is 2.18. The van der Waals surface area contributed by atoms with Crippen LogP contribution in [0.25, 0.3) is 11.4 Å². The van der Waals surface area contributed by atoms with E-state index >= 15 is 0 Å². The second-order valence-corrected chi connectivity index (χ2v) is 6.85. The van der Waals surface area contributed by atoms with E-state index in [9.17, 15) is 9.59 Å². The Balaban J connectivity index is 1.54. The summed E-state index contributed by atoms with van der Waals surface area (Å²) in [6.07, 6.45) is 3.82. The molecule has 0 saturated heterocycles. The summed E-state index contributed by atoms with van der Waals surface area (Å²) in [6, 6.07) is 12.7. The average Bonchev–Trinajstić information content (AvgIpc) is 3.16. The molecule has 3 aromatic rings. The molecule has 138 valence electrons. The normalized spacial score (nSPS) is 11.7. The van der Waals surface area contributed by atoms with Crippen LogP contribution in [0.5, 0.6) is 0 Å². The van der Waals surface area contributed by atoms with Crippen LogP contribution in [0, 0.1) is 0 Å². The Hall–Kier alpha value is -3.00. The SMILES string of the molecule is CC(=O)[C@@H](Cc1ccccc1)NC(=O)CSc1n[nH]c(-c2ccncc2)n1. The highest BCUT2D eigenvalue weighted by molar-refractivity contribution is 7.99. The summed E-state index contributed by atoms with van der Waals surface area (Å²) in [5, 5.41) is 10.2. The molecule has 2 heterocycles. The van der Waals surface area contributed by atoms with Crippen LogP contribution < -0.4 is 5.32 Å². The number of hydrogen-bond donors (Lipinski definition) is 2. The van der Waals surface area contributed by atoms with Crippen molar-refractivity contribution in [1.82, 2.24) is 25.5 Å². The molecule has 8 heteroatoms. The minimum Gasteiger partial charge on any atom is -0.345 e. The number of aromatic amines is 1. The van der Waals surface area contributed by atoms with Crippen molar-refractivity contribution in [2.75, 3.05) is 5.75 Å². The fourth-order valence-corrected chi connectivity index (χ4v) is 3.07. The van der Waals surface area contributed by atoms with Gasteiger partial charge in [0.2, 0.25) is 11.1 Å². The van der Waals surface area contributed by atoms with Crippen molar-refractivity contribution in [1.29, 1.82) is 0 Å². The van der Waals surface area contributed by atoms with Gasteiger partial charge in [0.1, 0.15) is 0 Å². The van der Waals surface area contributed by atoms with Gasteiger partial charge in [-0.15, -0.1) is 5.10 Å². The molecule has 0 unspecified atom stereocenters. The van der Waals surface area contributed by atoms with Gasteiger partial charge in [0.05, 0.1) is 11.8 Å². The van der Waals surface area contributed by atoms with Crippen molar-refractivity contribution in [2.24, 2.45) is 0 Å². The molecule has 1 atom stereocenters. The third-order valence-corrected chi connectivity index (χ3v) is 4.71. The fraction of sp³-hybridized carbons (Fsp3) is 0.211. The minimum atomic E-state index is -0.542. The maximum Gasteiger partial charge on any atom is 0.231 e. The van der Waals surface area contributed by atoms with Gasteiger partial charge in [0.15, 0.2) is 11.6 Å². The molecule has 0 radical (unpaired) electrons. The summed E-state index contributed by atoms with van der Waals surface area (Å²) in [4.78, 5) is 32.4. The smallest absolute Gasteiger partial charge is 0.231 e. The van der Waals surface area contributed by atoms with Gasteiger partial charge in [-0.2, -0.15) is 0 Å². The van der Waals surface area contributed by atoms with Crippen LogP contribution in [0.15, 0.2) is 60.0 Å². The van der Waals surface area contributed by atoms with Gasteiger partial charge in [-0.1, -0.05) is 42.1 Å². The Morgan fingerprint density at radius 1 is 1.15 bits per heavy atom. The van der Waals surface area contributed by atoms with Gasteiger partial charge in [0, 0.05) is 18.0 Å². The summed E-state index contributed by atoms with van der Waals surface area (Å²) in [5.74, 6) is 0.444. The summed E-state index contributed by atoms with van der Waals surface area (Å²) in [5.41, 5.74) is 1.87. The summed E-state index contributed by atoms with van der Waals surface area (Å²) in [7, 11) is 0. The number of H-pyrrole nitrogens is 1. The first-order valence-corrected chi connectivity index (χ1v) is 9.39. The minimum absolute atomic E-state index is 0.0740. The van der Waals surface area contributed by atoms with Gasteiger partial charge in [0.25, 0.3) is 0 Å². The van der Waals surface area contributed by atoms with Crippen molar-refractivity contribution >= 4 is 23.5 Å². The number of pyridine rings is 1. The Bertz CT molecular complexity index is 899. The lowest BCUT2D eigenvalue weighted by atomic mass is 10.0. The van der Waals surface area contributed by atoms with Crippen molar-refractivity contribution in [2.45, 2.75) is 24.5 Å². The summed E-state index contributed by atoms with van der Waals surface area (Å²) < 4.78 is 0. The number of carbonyl (C=O) groups excluding carboxylic acids is 2. The van der Waals surface area contributed by atoms with Crippen LogP contribution in [0.2, 0.25) is 0 Å². The number of rotatable bonds is 8.